The molecule has 0 radical (unpaired) electrons. The van der Waals surface area contributed by atoms with Crippen molar-refractivity contribution >= 4 is 0 Å². The molecule has 0 heterocycles. The average Bonchev–Trinajstić information content (AvgIpc) is 2.25. The molecule has 0 saturated heterocycles. The summed E-state index contributed by atoms with van der Waals surface area (Å²) in [6.07, 6.45) is 12.1. The van der Waals surface area contributed by atoms with Crippen molar-refractivity contribution in [1.29, 1.82) is 0 Å². The third-order valence-corrected chi connectivity index (χ3v) is 4.44. The summed E-state index contributed by atoms with van der Waals surface area (Å²) in [5.74, 6) is 1.68. The Morgan fingerprint density at radius 1 is 0.867 bits per heavy atom. The van der Waals surface area contributed by atoms with Crippen LogP contribution in [0.2, 0.25) is 0 Å². The minimum atomic E-state index is 0.429. The lowest BCUT2D eigenvalue weighted by atomic mass is 9.74. The molecule has 0 aliphatic heterocycles. The monoisotopic (exact) mass is 210 g/mol. The summed E-state index contributed by atoms with van der Waals surface area (Å²) in [6, 6.07) is 0.866. The molecule has 0 aromatic rings. The first-order chi connectivity index (χ1) is 7.25. The molecule has 2 fully saturated rings. The van der Waals surface area contributed by atoms with Crippen LogP contribution in [-0.2, 0) is 0 Å². The van der Waals surface area contributed by atoms with Crippen LogP contribution in [0.1, 0.15) is 57.8 Å². The molecule has 2 heteroatoms. The maximum atomic E-state index is 6.20. The molecule has 3 unspecified atom stereocenters. The van der Waals surface area contributed by atoms with Gasteiger partial charge in [0, 0.05) is 12.1 Å². The Kier molecular flexibility index (Phi) is 4.04. The van der Waals surface area contributed by atoms with E-state index in [-0.39, 0.29) is 0 Å². The normalized spacial score (nSPS) is 39.2. The first-order valence-corrected chi connectivity index (χ1v) is 6.77. The molecule has 4 N–H and O–H groups in total. The summed E-state index contributed by atoms with van der Waals surface area (Å²) in [6.45, 7) is 0. The third kappa shape index (κ3) is 3.18. The van der Waals surface area contributed by atoms with Gasteiger partial charge in [-0.1, -0.05) is 32.1 Å². The smallest absolute Gasteiger partial charge is 0.00684 e. The third-order valence-electron chi connectivity index (χ3n) is 4.44. The van der Waals surface area contributed by atoms with E-state index < -0.39 is 0 Å². The highest BCUT2D eigenvalue weighted by molar-refractivity contribution is 4.86. The van der Waals surface area contributed by atoms with E-state index in [1.807, 2.05) is 0 Å². The second-order valence-corrected chi connectivity index (χ2v) is 5.74. The molecule has 15 heavy (non-hydrogen) atoms. The Morgan fingerprint density at radius 3 is 2.33 bits per heavy atom. The van der Waals surface area contributed by atoms with Crippen LogP contribution in [0.5, 0.6) is 0 Å². The number of hydrogen-bond acceptors (Lipinski definition) is 2. The highest BCUT2D eigenvalue weighted by Crippen LogP contribution is 2.34. The lowest BCUT2D eigenvalue weighted by molar-refractivity contribution is 0.207. The van der Waals surface area contributed by atoms with Crippen LogP contribution < -0.4 is 11.5 Å². The van der Waals surface area contributed by atoms with E-state index in [1.54, 1.807) is 0 Å². The standard InChI is InChI=1S/C13H26N2/c14-12-6-7-13(15)11(9-12)8-10-4-2-1-3-5-10/h10-13H,1-9,14-15H2. The fourth-order valence-electron chi connectivity index (χ4n) is 3.45. The van der Waals surface area contributed by atoms with Gasteiger partial charge in [0.15, 0.2) is 0 Å². The zero-order valence-corrected chi connectivity index (χ0v) is 9.83. The Balaban J connectivity index is 1.80. The van der Waals surface area contributed by atoms with E-state index in [0.717, 1.165) is 24.7 Å². The van der Waals surface area contributed by atoms with Gasteiger partial charge in [0.05, 0.1) is 0 Å². The van der Waals surface area contributed by atoms with E-state index in [0.29, 0.717) is 12.1 Å². The minimum Gasteiger partial charge on any atom is -0.328 e. The van der Waals surface area contributed by atoms with E-state index in [9.17, 15) is 0 Å². The second-order valence-electron chi connectivity index (χ2n) is 5.74. The molecule has 0 aromatic carbocycles. The fraction of sp³-hybridized carbons (Fsp3) is 1.00. The van der Waals surface area contributed by atoms with Gasteiger partial charge in [0.1, 0.15) is 0 Å². The predicted octanol–water partition coefficient (Wildman–Crippen LogP) is 2.41. The summed E-state index contributed by atoms with van der Waals surface area (Å²) in [7, 11) is 0. The van der Waals surface area contributed by atoms with Crippen LogP contribution in [0, 0.1) is 11.8 Å². The Hall–Kier alpha value is -0.0800. The molecule has 0 amide bonds. The molecule has 88 valence electrons. The number of hydrogen-bond donors (Lipinski definition) is 2. The van der Waals surface area contributed by atoms with Gasteiger partial charge in [-0.3, -0.25) is 0 Å². The van der Waals surface area contributed by atoms with Gasteiger partial charge >= 0.3 is 0 Å². The van der Waals surface area contributed by atoms with Gasteiger partial charge in [0.25, 0.3) is 0 Å². The van der Waals surface area contributed by atoms with Gasteiger partial charge in [-0.25, -0.2) is 0 Å². The van der Waals surface area contributed by atoms with Gasteiger partial charge in [0.2, 0.25) is 0 Å². The van der Waals surface area contributed by atoms with E-state index in [1.165, 1.54) is 44.9 Å². The molecule has 3 atom stereocenters. The van der Waals surface area contributed by atoms with Crippen molar-refractivity contribution in [1.82, 2.24) is 0 Å². The lowest BCUT2D eigenvalue weighted by Gasteiger charge is -2.35. The Bertz CT molecular complexity index is 187. The van der Waals surface area contributed by atoms with E-state index in [4.69, 9.17) is 11.5 Å². The maximum Gasteiger partial charge on any atom is 0.00684 e. The van der Waals surface area contributed by atoms with Crippen molar-refractivity contribution in [2.24, 2.45) is 23.3 Å². The molecule has 0 spiro atoms. The first kappa shape index (κ1) is 11.4. The van der Waals surface area contributed by atoms with Crippen LogP contribution in [0.25, 0.3) is 0 Å². The highest BCUT2D eigenvalue weighted by Gasteiger charge is 2.28. The number of nitrogens with two attached hydrogens (primary N) is 2. The molecular weight excluding hydrogens is 184 g/mol. The van der Waals surface area contributed by atoms with Crippen LogP contribution >= 0.6 is 0 Å². The first-order valence-electron chi connectivity index (χ1n) is 6.77. The van der Waals surface area contributed by atoms with Crippen LogP contribution in [0.15, 0.2) is 0 Å². The lowest BCUT2D eigenvalue weighted by Crippen LogP contribution is -2.42. The largest absolute Gasteiger partial charge is 0.328 e. The average molecular weight is 210 g/mol. The van der Waals surface area contributed by atoms with Crippen molar-refractivity contribution < 1.29 is 0 Å². The zero-order valence-electron chi connectivity index (χ0n) is 9.83. The molecule has 0 aromatic heterocycles. The van der Waals surface area contributed by atoms with Crippen molar-refractivity contribution in [2.45, 2.75) is 69.9 Å². The summed E-state index contributed by atoms with van der Waals surface area (Å²) >= 11 is 0. The van der Waals surface area contributed by atoms with Gasteiger partial charge in [-0.2, -0.15) is 0 Å². The Labute approximate surface area is 93.8 Å². The van der Waals surface area contributed by atoms with Gasteiger partial charge < -0.3 is 11.5 Å². The summed E-state index contributed by atoms with van der Waals surface area (Å²) in [4.78, 5) is 0. The fourth-order valence-corrected chi connectivity index (χ4v) is 3.45. The number of rotatable bonds is 2. The van der Waals surface area contributed by atoms with Crippen LogP contribution in [-0.4, -0.2) is 12.1 Å². The molecular formula is C13H26N2. The van der Waals surface area contributed by atoms with Crippen molar-refractivity contribution in [3.8, 4) is 0 Å². The predicted molar refractivity (Wildman–Crippen MR) is 64.5 cm³/mol. The summed E-state index contributed by atoms with van der Waals surface area (Å²) in [5.41, 5.74) is 12.2. The van der Waals surface area contributed by atoms with Crippen molar-refractivity contribution in [3.63, 3.8) is 0 Å². The zero-order chi connectivity index (χ0) is 10.7. The molecule has 2 saturated carbocycles. The SMILES string of the molecule is NC1CCC(N)C(CC2CCCCC2)C1. The maximum absolute atomic E-state index is 6.20. The van der Waals surface area contributed by atoms with Gasteiger partial charge in [-0.05, 0) is 37.5 Å². The molecule has 2 aliphatic rings. The summed E-state index contributed by atoms with van der Waals surface area (Å²) < 4.78 is 0. The molecule has 2 nitrogen and oxygen atoms in total. The van der Waals surface area contributed by atoms with Crippen molar-refractivity contribution in [3.05, 3.63) is 0 Å². The summed E-state index contributed by atoms with van der Waals surface area (Å²) in [5, 5.41) is 0. The van der Waals surface area contributed by atoms with Crippen LogP contribution in [0.4, 0.5) is 0 Å². The Morgan fingerprint density at radius 2 is 1.60 bits per heavy atom. The highest BCUT2D eigenvalue weighted by atomic mass is 14.7. The quantitative estimate of drug-likeness (QED) is 0.735. The second kappa shape index (κ2) is 5.31. The molecule has 2 rings (SSSR count). The molecule has 0 bridgehead atoms. The topological polar surface area (TPSA) is 52.0 Å². The molecule has 2 aliphatic carbocycles. The minimum absolute atomic E-state index is 0.429. The van der Waals surface area contributed by atoms with Crippen LogP contribution in [0.3, 0.4) is 0 Å². The van der Waals surface area contributed by atoms with Crippen molar-refractivity contribution in [2.75, 3.05) is 0 Å². The van der Waals surface area contributed by atoms with Gasteiger partial charge in [-0.15, -0.1) is 0 Å². The van der Waals surface area contributed by atoms with E-state index in [2.05, 4.69) is 0 Å². The van der Waals surface area contributed by atoms with E-state index >= 15 is 0 Å².